The molecule has 2 aromatic heterocycles. The lowest BCUT2D eigenvalue weighted by Gasteiger charge is -2.15. The Labute approximate surface area is 105 Å². The van der Waals surface area contributed by atoms with E-state index in [4.69, 9.17) is 0 Å². The van der Waals surface area contributed by atoms with Gasteiger partial charge in [-0.25, -0.2) is 0 Å². The van der Waals surface area contributed by atoms with Crippen molar-refractivity contribution < 1.29 is 0 Å². The first-order valence-corrected chi connectivity index (χ1v) is 6.00. The highest BCUT2D eigenvalue weighted by molar-refractivity contribution is 5.91. The molecule has 0 bridgehead atoms. The first-order valence-electron chi connectivity index (χ1n) is 6.00. The van der Waals surface area contributed by atoms with Crippen molar-refractivity contribution >= 4 is 22.5 Å². The average molecular weight is 241 g/mol. The van der Waals surface area contributed by atoms with Crippen molar-refractivity contribution in [3.63, 3.8) is 0 Å². The molecule has 2 heterocycles. The minimum Gasteiger partial charge on any atom is -0.362 e. The van der Waals surface area contributed by atoms with Gasteiger partial charge in [0.25, 0.3) is 5.78 Å². The molecule has 0 unspecified atom stereocenters. The lowest BCUT2D eigenvalue weighted by atomic mass is 10.1. The molecule has 3 rings (SSSR count). The standard InChI is InChI=1S/C13H15N5/c1-4-9-5-6-11-10(7-9)12(17(2)3)15-13-16-14-8-18(11)13/h5-8H,4H2,1-3H3. The number of hydrogen-bond acceptors (Lipinski definition) is 4. The first kappa shape index (κ1) is 11.0. The Morgan fingerprint density at radius 2 is 2.11 bits per heavy atom. The monoisotopic (exact) mass is 241 g/mol. The van der Waals surface area contributed by atoms with Gasteiger partial charge < -0.3 is 4.90 Å². The predicted octanol–water partition coefficient (Wildman–Crippen LogP) is 1.91. The first-order chi connectivity index (χ1) is 8.70. The van der Waals surface area contributed by atoms with E-state index >= 15 is 0 Å². The molecule has 0 amide bonds. The SMILES string of the molecule is CCc1ccc2c(c1)c(N(C)C)nc1nncn12. The zero-order valence-electron chi connectivity index (χ0n) is 10.8. The lowest BCUT2D eigenvalue weighted by molar-refractivity contribution is 1.05. The van der Waals surface area contributed by atoms with Crippen LogP contribution in [0.3, 0.4) is 0 Å². The fourth-order valence-electron chi connectivity index (χ4n) is 2.16. The third kappa shape index (κ3) is 1.51. The van der Waals surface area contributed by atoms with E-state index in [1.54, 1.807) is 6.33 Å². The fraction of sp³-hybridized carbons (Fsp3) is 0.308. The number of hydrogen-bond donors (Lipinski definition) is 0. The quantitative estimate of drug-likeness (QED) is 0.687. The van der Waals surface area contributed by atoms with Gasteiger partial charge in [0, 0.05) is 19.5 Å². The van der Waals surface area contributed by atoms with Crippen molar-refractivity contribution in [2.45, 2.75) is 13.3 Å². The number of anilines is 1. The van der Waals surface area contributed by atoms with Gasteiger partial charge in [0.05, 0.1) is 5.52 Å². The second-order valence-electron chi connectivity index (χ2n) is 4.54. The zero-order valence-corrected chi connectivity index (χ0v) is 10.8. The van der Waals surface area contributed by atoms with Gasteiger partial charge in [-0.2, -0.15) is 4.98 Å². The summed E-state index contributed by atoms with van der Waals surface area (Å²) >= 11 is 0. The highest BCUT2D eigenvalue weighted by atomic mass is 15.3. The normalized spacial score (nSPS) is 11.3. The van der Waals surface area contributed by atoms with Crippen LogP contribution < -0.4 is 4.90 Å². The van der Waals surface area contributed by atoms with Crippen molar-refractivity contribution in [3.8, 4) is 0 Å². The average Bonchev–Trinajstić information content (AvgIpc) is 2.85. The van der Waals surface area contributed by atoms with Gasteiger partial charge in [0.1, 0.15) is 12.1 Å². The van der Waals surface area contributed by atoms with E-state index in [-0.39, 0.29) is 0 Å². The number of aromatic nitrogens is 4. The molecule has 0 aliphatic heterocycles. The maximum Gasteiger partial charge on any atom is 0.257 e. The highest BCUT2D eigenvalue weighted by Crippen LogP contribution is 2.25. The number of nitrogens with zero attached hydrogens (tertiary/aromatic N) is 5. The fourth-order valence-corrected chi connectivity index (χ4v) is 2.16. The maximum atomic E-state index is 4.55. The Hall–Kier alpha value is -2.17. The van der Waals surface area contributed by atoms with E-state index in [0.29, 0.717) is 5.78 Å². The predicted molar refractivity (Wildman–Crippen MR) is 72.0 cm³/mol. The molecule has 0 saturated carbocycles. The van der Waals surface area contributed by atoms with Crippen molar-refractivity contribution in [2.24, 2.45) is 0 Å². The molecule has 0 N–H and O–H groups in total. The summed E-state index contributed by atoms with van der Waals surface area (Å²) in [6.45, 7) is 2.15. The summed E-state index contributed by atoms with van der Waals surface area (Å²) in [4.78, 5) is 6.56. The van der Waals surface area contributed by atoms with Crippen LogP contribution in [0.4, 0.5) is 5.82 Å². The highest BCUT2D eigenvalue weighted by Gasteiger charge is 2.11. The van der Waals surface area contributed by atoms with Crippen LogP contribution in [0, 0.1) is 0 Å². The van der Waals surface area contributed by atoms with Gasteiger partial charge in [-0.15, -0.1) is 10.2 Å². The third-order valence-corrected chi connectivity index (χ3v) is 3.13. The van der Waals surface area contributed by atoms with Crippen molar-refractivity contribution in [3.05, 3.63) is 30.1 Å². The minimum absolute atomic E-state index is 0.635. The minimum atomic E-state index is 0.635. The molecule has 5 heteroatoms. The number of aryl methyl sites for hydroxylation is 1. The molecule has 0 atom stereocenters. The molecule has 92 valence electrons. The molecule has 0 aliphatic carbocycles. The molecule has 0 aliphatic rings. The topological polar surface area (TPSA) is 46.3 Å². The Morgan fingerprint density at radius 1 is 1.28 bits per heavy atom. The molecule has 0 spiro atoms. The Morgan fingerprint density at radius 3 is 2.83 bits per heavy atom. The molecule has 18 heavy (non-hydrogen) atoms. The van der Waals surface area contributed by atoms with Gasteiger partial charge >= 0.3 is 0 Å². The Balaban J connectivity index is 2.46. The summed E-state index contributed by atoms with van der Waals surface area (Å²) in [5, 5.41) is 9.09. The van der Waals surface area contributed by atoms with Gasteiger partial charge in [0.15, 0.2) is 0 Å². The Bertz CT molecular complexity index is 714. The van der Waals surface area contributed by atoms with Crippen LogP contribution in [0.25, 0.3) is 16.7 Å². The number of rotatable bonds is 2. The van der Waals surface area contributed by atoms with E-state index in [2.05, 4.69) is 40.3 Å². The second kappa shape index (κ2) is 3.94. The van der Waals surface area contributed by atoms with E-state index in [1.807, 2.05) is 23.4 Å². The lowest BCUT2D eigenvalue weighted by Crippen LogP contribution is -2.12. The third-order valence-electron chi connectivity index (χ3n) is 3.13. The van der Waals surface area contributed by atoms with E-state index in [1.165, 1.54) is 5.56 Å². The van der Waals surface area contributed by atoms with Crippen LogP contribution >= 0.6 is 0 Å². The summed E-state index contributed by atoms with van der Waals surface area (Å²) in [7, 11) is 3.99. The smallest absolute Gasteiger partial charge is 0.257 e. The maximum absolute atomic E-state index is 4.55. The molecule has 0 fully saturated rings. The van der Waals surface area contributed by atoms with Crippen molar-refractivity contribution in [2.75, 3.05) is 19.0 Å². The van der Waals surface area contributed by atoms with Crippen LogP contribution in [0.15, 0.2) is 24.5 Å². The van der Waals surface area contributed by atoms with Gasteiger partial charge in [-0.1, -0.05) is 13.0 Å². The summed E-state index contributed by atoms with van der Waals surface area (Å²) in [6.07, 6.45) is 2.72. The van der Waals surface area contributed by atoms with Crippen LogP contribution in [0.1, 0.15) is 12.5 Å². The summed E-state index contributed by atoms with van der Waals surface area (Å²) in [5.74, 6) is 1.57. The van der Waals surface area contributed by atoms with Crippen LogP contribution in [0.5, 0.6) is 0 Å². The number of benzene rings is 1. The van der Waals surface area contributed by atoms with Crippen LogP contribution in [-0.2, 0) is 6.42 Å². The van der Waals surface area contributed by atoms with Crippen LogP contribution in [0.2, 0.25) is 0 Å². The molecule has 3 aromatic rings. The van der Waals surface area contributed by atoms with Gasteiger partial charge in [0.2, 0.25) is 0 Å². The van der Waals surface area contributed by atoms with E-state index in [0.717, 1.165) is 23.1 Å². The van der Waals surface area contributed by atoms with E-state index in [9.17, 15) is 0 Å². The largest absolute Gasteiger partial charge is 0.362 e. The zero-order chi connectivity index (χ0) is 12.7. The number of fused-ring (bicyclic) bond motifs is 3. The summed E-state index contributed by atoms with van der Waals surface area (Å²) < 4.78 is 1.92. The van der Waals surface area contributed by atoms with Crippen LogP contribution in [-0.4, -0.2) is 33.7 Å². The molecule has 5 nitrogen and oxygen atoms in total. The Kier molecular flexibility index (Phi) is 2.40. The second-order valence-corrected chi connectivity index (χ2v) is 4.54. The molecule has 0 radical (unpaired) electrons. The molecular weight excluding hydrogens is 226 g/mol. The molecular formula is C13H15N5. The van der Waals surface area contributed by atoms with Gasteiger partial charge in [-0.05, 0) is 24.1 Å². The van der Waals surface area contributed by atoms with E-state index < -0.39 is 0 Å². The van der Waals surface area contributed by atoms with Crippen molar-refractivity contribution in [1.82, 2.24) is 19.6 Å². The summed E-state index contributed by atoms with van der Waals surface area (Å²) in [6, 6.07) is 6.44. The molecule has 1 aromatic carbocycles. The summed E-state index contributed by atoms with van der Waals surface area (Å²) in [5.41, 5.74) is 2.39. The van der Waals surface area contributed by atoms with Crippen molar-refractivity contribution in [1.29, 1.82) is 0 Å². The van der Waals surface area contributed by atoms with Gasteiger partial charge in [-0.3, -0.25) is 4.40 Å². The molecule has 0 saturated heterocycles.